The highest BCUT2D eigenvalue weighted by Crippen LogP contribution is 2.33. The molecule has 0 saturated carbocycles. The Balaban J connectivity index is 2.42. The van der Waals surface area contributed by atoms with Crippen molar-refractivity contribution in [3.05, 3.63) is 39.9 Å². The van der Waals surface area contributed by atoms with E-state index in [-0.39, 0.29) is 0 Å². The molecule has 0 unspecified atom stereocenters. The van der Waals surface area contributed by atoms with Crippen LogP contribution in [0.1, 0.15) is 30.3 Å². The predicted octanol–water partition coefficient (Wildman–Crippen LogP) is 5.02. The molecule has 0 aliphatic rings. The number of rotatable bonds is 3. The molecule has 2 aromatic rings. The summed E-state index contributed by atoms with van der Waals surface area (Å²) < 4.78 is 0. The van der Waals surface area contributed by atoms with Crippen LogP contribution in [0.5, 0.6) is 0 Å². The van der Waals surface area contributed by atoms with Gasteiger partial charge in [0.15, 0.2) is 0 Å². The number of thiazole rings is 1. The molecule has 0 radical (unpaired) electrons. The van der Waals surface area contributed by atoms with Crippen LogP contribution in [-0.4, -0.2) is 4.98 Å². The molecule has 90 valence electrons. The smallest absolute Gasteiger partial charge is 0.123 e. The Labute approximate surface area is 116 Å². The lowest BCUT2D eigenvalue weighted by Gasteiger charge is -2.01. The van der Waals surface area contributed by atoms with Crippen molar-refractivity contribution in [1.82, 2.24) is 4.98 Å². The van der Waals surface area contributed by atoms with Crippen LogP contribution >= 0.6 is 35.6 Å². The number of halogens is 1. The molecular weight excluding hydrogens is 270 g/mol. The van der Waals surface area contributed by atoms with E-state index in [1.54, 1.807) is 11.3 Å². The monoisotopic (exact) mass is 283 g/mol. The lowest BCUT2D eigenvalue weighted by atomic mass is 10.1. The van der Waals surface area contributed by atoms with Gasteiger partial charge in [-0.05, 0) is 18.1 Å². The van der Waals surface area contributed by atoms with E-state index in [1.807, 2.05) is 24.3 Å². The number of benzene rings is 1. The summed E-state index contributed by atoms with van der Waals surface area (Å²) in [6.07, 6.45) is 0. The third kappa shape index (κ3) is 2.84. The van der Waals surface area contributed by atoms with Crippen molar-refractivity contribution in [2.45, 2.75) is 25.5 Å². The number of nitrogens with zero attached hydrogens (tertiary/aromatic N) is 1. The molecule has 1 aromatic heterocycles. The fourth-order valence-electron chi connectivity index (χ4n) is 1.64. The van der Waals surface area contributed by atoms with Crippen molar-refractivity contribution in [2.75, 3.05) is 0 Å². The first-order valence-corrected chi connectivity index (χ1v) is 7.31. The maximum atomic E-state index is 5.88. The fourth-order valence-corrected chi connectivity index (χ4v) is 3.21. The number of hydrogen-bond acceptors (Lipinski definition) is 3. The van der Waals surface area contributed by atoms with Crippen LogP contribution in [0.15, 0.2) is 24.3 Å². The van der Waals surface area contributed by atoms with E-state index in [0.29, 0.717) is 5.92 Å². The number of thiol groups is 1. The Morgan fingerprint density at radius 1 is 1.29 bits per heavy atom. The van der Waals surface area contributed by atoms with Crippen molar-refractivity contribution in [1.29, 1.82) is 0 Å². The molecule has 0 aliphatic carbocycles. The molecular formula is C13H14ClNS2. The topological polar surface area (TPSA) is 12.9 Å². The lowest BCUT2D eigenvalue weighted by molar-refractivity contribution is 0.825. The van der Waals surface area contributed by atoms with Crippen LogP contribution in [0, 0.1) is 0 Å². The Bertz CT molecular complexity index is 503. The Morgan fingerprint density at radius 3 is 2.41 bits per heavy atom. The lowest BCUT2D eigenvalue weighted by Crippen LogP contribution is -1.91. The number of aromatic nitrogens is 1. The van der Waals surface area contributed by atoms with Crippen LogP contribution < -0.4 is 0 Å². The second-order valence-corrected chi connectivity index (χ2v) is 5.98. The normalized spacial score (nSPS) is 11.1. The molecule has 0 saturated heterocycles. The average molecular weight is 284 g/mol. The van der Waals surface area contributed by atoms with E-state index < -0.39 is 0 Å². The Kier molecular flexibility index (Phi) is 4.13. The largest absolute Gasteiger partial charge is 0.241 e. The maximum absolute atomic E-state index is 5.88. The van der Waals surface area contributed by atoms with Crippen molar-refractivity contribution in [3.8, 4) is 10.6 Å². The molecule has 2 rings (SSSR count). The summed E-state index contributed by atoms with van der Waals surface area (Å²) >= 11 is 12.0. The summed E-state index contributed by atoms with van der Waals surface area (Å²) in [5, 5.41) is 1.80. The van der Waals surface area contributed by atoms with Gasteiger partial charge >= 0.3 is 0 Å². The molecule has 4 heteroatoms. The molecule has 1 nitrogen and oxygen atoms in total. The van der Waals surface area contributed by atoms with Gasteiger partial charge in [-0.25, -0.2) is 4.98 Å². The van der Waals surface area contributed by atoms with Gasteiger partial charge in [-0.15, -0.1) is 11.3 Å². The first kappa shape index (κ1) is 12.9. The van der Waals surface area contributed by atoms with E-state index in [0.717, 1.165) is 27.0 Å². The SMILES string of the molecule is CC(C)c1nc(-c2ccc(Cl)cc2)sc1CS. The minimum absolute atomic E-state index is 0.439. The van der Waals surface area contributed by atoms with Crippen LogP contribution in [0.2, 0.25) is 5.02 Å². The molecule has 0 N–H and O–H groups in total. The zero-order valence-electron chi connectivity index (χ0n) is 9.77. The van der Waals surface area contributed by atoms with E-state index in [9.17, 15) is 0 Å². The third-order valence-electron chi connectivity index (χ3n) is 2.51. The zero-order chi connectivity index (χ0) is 12.4. The van der Waals surface area contributed by atoms with E-state index in [4.69, 9.17) is 16.6 Å². The standard InChI is InChI=1S/C13H14ClNS2/c1-8(2)12-11(7-16)17-13(15-12)9-3-5-10(14)6-4-9/h3-6,8,16H,7H2,1-2H3. The zero-order valence-corrected chi connectivity index (χ0v) is 12.2. The summed E-state index contributed by atoms with van der Waals surface area (Å²) in [6, 6.07) is 7.81. The van der Waals surface area contributed by atoms with Gasteiger partial charge in [0.2, 0.25) is 0 Å². The first-order valence-electron chi connectivity index (χ1n) is 5.48. The highest BCUT2D eigenvalue weighted by molar-refractivity contribution is 7.79. The van der Waals surface area contributed by atoms with Crippen LogP contribution in [0.3, 0.4) is 0 Å². The van der Waals surface area contributed by atoms with Gasteiger partial charge in [0.05, 0.1) is 5.69 Å². The average Bonchev–Trinajstić information content (AvgIpc) is 2.74. The van der Waals surface area contributed by atoms with Crippen molar-refractivity contribution in [3.63, 3.8) is 0 Å². The van der Waals surface area contributed by atoms with E-state index >= 15 is 0 Å². The van der Waals surface area contributed by atoms with E-state index in [2.05, 4.69) is 26.5 Å². The second-order valence-electron chi connectivity index (χ2n) is 4.15. The van der Waals surface area contributed by atoms with E-state index in [1.165, 1.54) is 4.88 Å². The molecule has 1 heterocycles. The molecule has 0 fully saturated rings. The van der Waals surface area contributed by atoms with Gasteiger partial charge in [-0.1, -0.05) is 37.6 Å². The minimum Gasteiger partial charge on any atom is -0.241 e. The minimum atomic E-state index is 0.439. The highest BCUT2D eigenvalue weighted by Gasteiger charge is 2.13. The summed E-state index contributed by atoms with van der Waals surface area (Å²) in [4.78, 5) is 5.96. The van der Waals surface area contributed by atoms with Gasteiger partial charge in [0, 0.05) is 21.2 Å². The molecule has 1 aromatic carbocycles. The van der Waals surface area contributed by atoms with Gasteiger partial charge in [0.1, 0.15) is 5.01 Å². The van der Waals surface area contributed by atoms with Crippen LogP contribution in [-0.2, 0) is 5.75 Å². The summed E-state index contributed by atoms with van der Waals surface area (Å²) in [5.74, 6) is 1.19. The molecule has 0 bridgehead atoms. The second kappa shape index (κ2) is 5.42. The first-order chi connectivity index (χ1) is 8.11. The molecule has 0 atom stereocenters. The third-order valence-corrected chi connectivity index (χ3v) is 4.41. The molecule has 0 amide bonds. The highest BCUT2D eigenvalue weighted by atomic mass is 35.5. The quantitative estimate of drug-likeness (QED) is 0.781. The van der Waals surface area contributed by atoms with Crippen molar-refractivity contribution < 1.29 is 0 Å². The molecule has 0 aliphatic heterocycles. The van der Waals surface area contributed by atoms with Gasteiger partial charge in [-0.2, -0.15) is 12.6 Å². The molecule has 17 heavy (non-hydrogen) atoms. The van der Waals surface area contributed by atoms with Crippen molar-refractivity contribution >= 4 is 35.6 Å². The van der Waals surface area contributed by atoms with Gasteiger partial charge < -0.3 is 0 Å². The Hall–Kier alpha value is -0.510. The fraction of sp³-hybridized carbons (Fsp3) is 0.308. The van der Waals surface area contributed by atoms with Crippen molar-refractivity contribution in [2.24, 2.45) is 0 Å². The van der Waals surface area contributed by atoms with Crippen LogP contribution in [0.4, 0.5) is 0 Å². The maximum Gasteiger partial charge on any atom is 0.123 e. The summed E-state index contributed by atoms with van der Waals surface area (Å²) in [5.41, 5.74) is 2.28. The summed E-state index contributed by atoms with van der Waals surface area (Å²) in [6.45, 7) is 4.32. The molecule has 0 spiro atoms. The van der Waals surface area contributed by atoms with Gasteiger partial charge in [0.25, 0.3) is 0 Å². The Morgan fingerprint density at radius 2 is 1.94 bits per heavy atom. The summed E-state index contributed by atoms with van der Waals surface area (Å²) in [7, 11) is 0. The predicted molar refractivity (Wildman–Crippen MR) is 79.3 cm³/mol. The van der Waals surface area contributed by atoms with Gasteiger partial charge in [-0.3, -0.25) is 0 Å². The number of hydrogen-bond donors (Lipinski definition) is 1. The van der Waals surface area contributed by atoms with Crippen LogP contribution in [0.25, 0.3) is 10.6 Å².